The number of benzene rings is 2. The van der Waals surface area contributed by atoms with E-state index in [1.54, 1.807) is 56.3 Å². The van der Waals surface area contributed by atoms with Gasteiger partial charge in [-0.25, -0.2) is 8.42 Å². The molecule has 1 N–H and O–H groups in total. The highest BCUT2D eigenvalue weighted by Crippen LogP contribution is 2.27. The first-order chi connectivity index (χ1) is 11.8. The van der Waals surface area contributed by atoms with Crippen molar-refractivity contribution in [1.82, 2.24) is 5.16 Å². The molecule has 0 fully saturated rings. The van der Waals surface area contributed by atoms with Crippen molar-refractivity contribution in [3.63, 3.8) is 0 Å². The van der Waals surface area contributed by atoms with E-state index in [4.69, 9.17) is 16.1 Å². The third kappa shape index (κ3) is 3.70. The molecule has 7 heteroatoms. The second kappa shape index (κ2) is 6.54. The predicted molar refractivity (Wildman–Crippen MR) is 98.4 cm³/mol. The average molecular weight is 377 g/mol. The van der Waals surface area contributed by atoms with Crippen LogP contribution in [0.25, 0.3) is 11.3 Å². The minimum Gasteiger partial charge on any atom is -0.356 e. The lowest BCUT2D eigenvalue weighted by Crippen LogP contribution is -2.15. The summed E-state index contributed by atoms with van der Waals surface area (Å²) in [7, 11) is -3.71. The summed E-state index contributed by atoms with van der Waals surface area (Å²) in [6, 6.07) is 11.8. The van der Waals surface area contributed by atoms with Crippen molar-refractivity contribution in [2.75, 3.05) is 4.72 Å². The van der Waals surface area contributed by atoms with Crippen molar-refractivity contribution in [2.24, 2.45) is 0 Å². The fourth-order valence-corrected chi connectivity index (χ4v) is 4.13. The molecular formula is C18H17ClN2O3S. The molecule has 3 rings (SSSR count). The largest absolute Gasteiger partial charge is 0.356 e. The Bertz CT molecular complexity index is 1040. The van der Waals surface area contributed by atoms with Crippen molar-refractivity contribution >= 4 is 27.3 Å². The zero-order valence-electron chi connectivity index (χ0n) is 14.0. The summed E-state index contributed by atoms with van der Waals surface area (Å²) >= 11 is 5.92. The van der Waals surface area contributed by atoms with Gasteiger partial charge in [0.1, 0.15) is 0 Å². The number of aromatic nitrogens is 1. The fraction of sp³-hybridized carbons (Fsp3) is 0.167. The number of aryl methyl sites for hydroxylation is 3. The van der Waals surface area contributed by atoms with Gasteiger partial charge in [-0.3, -0.25) is 4.72 Å². The Morgan fingerprint density at radius 1 is 1.00 bits per heavy atom. The number of nitrogens with one attached hydrogen (secondary N) is 1. The van der Waals surface area contributed by atoms with Gasteiger partial charge in [-0.05, 0) is 68.3 Å². The maximum atomic E-state index is 12.7. The number of halogens is 1. The molecule has 0 aliphatic carbocycles. The molecule has 130 valence electrons. The summed E-state index contributed by atoms with van der Waals surface area (Å²) in [4.78, 5) is 0.210. The van der Waals surface area contributed by atoms with Crippen LogP contribution in [0.1, 0.15) is 16.8 Å². The van der Waals surface area contributed by atoms with Crippen LogP contribution in [0.2, 0.25) is 5.02 Å². The molecule has 0 saturated heterocycles. The second-order valence-corrected chi connectivity index (χ2v) is 7.96. The van der Waals surface area contributed by atoms with Crippen LogP contribution >= 0.6 is 11.6 Å². The Morgan fingerprint density at radius 3 is 2.36 bits per heavy atom. The number of rotatable bonds is 4. The smallest absolute Gasteiger partial charge is 0.262 e. The van der Waals surface area contributed by atoms with Gasteiger partial charge in [0, 0.05) is 16.7 Å². The monoisotopic (exact) mass is 376 g/mol. The van der Waals surface area contributed by atoms with Crippen LogP contribution in [-0.4, -0.2) is 13.6 Å². The van der Waals surface area contributed by atoms with Gasteiger partial charge in [0.2, 0.25) is 0 Å². The van der Waals surface area contributed by atoms with Gasteiger partial charge in [-0.15, -0.1) is 0 Å². The first-order valence-electron chi connectivity index (χ1n) is 7.59. The van der Waals surface area contributed by atoms with E-state index in [-0.39, 0.29) is 4.90 Å². The van der Waals surface area contributed by atoms with Crippen molar-refractivity contribution in [3.8, 4) is 11.3 Å². The summed E-state index contributed by atoms with van der Waals surface area (Å²) in [5, 5.41) is 4.41. The third-order valence-corrected chi connectivity index (χ3v) is 5.57. The first kappa shape index (κ1) is 17.5. The molecule has 0 aliphatic rings. The van der Waals surface area contributed by atoms with Crippen LogP contribution in [0.15, 0.2) is 51.9 Å². The lowest BCUT2D eigenvalue weighted by atomic mass is 10.1. The average Bonchev–Trinajstić information content (AvgIpc) is 2.96. The molecule has 5 nitrogen and oxygen atoms in total. The Morgan fingerprint density at radius 2 is 1.76 bits per heavy atom. The maximum absolute atomic E-state index is 12.7. The van der Waals surface area contributed by atoms with Crippen molar-refractivity contribution in [3.05, 3.63) is 64.3 Å². The topological polar surface area (TPSA) is 72.2 Å². The van der Waals surface area contributed by atoms with E-state index in [1.807, 2.05) is 6.92 Å². The minimum atomic E-state index is -3.71. The molecule has 0 amide bonds. The van der Waals surface area contributed by atoms with Gasteiger partial charge in [0.25, 0.3) is 10.0 Å². The zero-order chi connectivity index (χ0) is 18.2. The van der Waals surface area contributed by atoms with Crippen LogP contribution < -0.4 is 4.72 Å². The molecule has 0 radical (unpaired) electrons. The van der Waals surface area contributed by atoms with Gasteiger partial charge in [-0.2, -0.15) is 0 Å². The summed E-state index contributed by atoms with van der Waals surface area (Å²) in [5.41, 5.74) is 3.41. The molecule has 0 saturated carbocycles. The van der Waals surface area contributed by atoms with Crippen molar-refractivity contribution in [1.29, 1.82) is 0 Å². The predicted octanol–water partition coefficient (Wildman–Crippen LogP) is 4.72. The molecule has 0 unspecified atom stereocenters. The molecular weight excluding hydrogens is 360 g/mol. The number of hydrogen-bond donors (Lipinski definition) is 1. The van der Waals surface area contributed by atoms with E-state index in [0.29, 0.717) is 22.0 Å². The van der Waals surface area contributed by atoms with Crippen LogP contribution in [0.4, 0.5) is 5.69 Å². The quantitative estimate of drug-likeness (QED) is 0.715. The third-order valence-electron chi connectivity index (χ3n) is 3.81. The number of sulfonamides is 1. The molecule has 1 aromatic heterocycles. The zero-order valence-corrected chi connectivity index (χ0v) is 15.6. The molecule has 0 aliphatic heterocycles. The Balaban J connectivity index is 1.94. The lowest BCUT2D eigenvalue weighted by molar-refractivity contribution is 0.427. The summed E-state index contributed by atoms with van der Waals surface area (Å²) < 4.78 is 33.3. The first-order valence-corrected chi connectivity index (χ1v) is 9.46. The molecule has 0 spiro atoms. The number of nitrogens with zero attached hydrogens (tertiary/aromatic N) is 1. The maximum Gasteiger partial charge on any atom is 0.262 e. The lowest BCUT2D eigenvalue weighted by Gasteiger charge is -2.13. The van der Waals surface area contributed by atoms with Gasteiger partial charge in [0.15, 0.2) is 5.76 Å². The van der Waals surface area contributed by atoms with Crippen molar-refractivity contribution in [2.45, 2.75) is 25.7 Å². The molecule has 0 atom stereocenters. The minimum absolute atomic E-state index is 0.210. The molecule has 25 heavy (non-hydrogen) atoms. The van der Waals surface area contributed by atoms with E-state index in [2.05, 4.69) is 9.88 Å². The summed E-state index contributed by atoms with van der Waals surface area (Å²) in [6.07, 6.45) is 0. The van der Waals surface area contributed by atoms with Crippen LogP contribution in [0, 0.1) is 20.8 Å². The molecule has 2 aromatic carbocycles. The normalized spacial score (nSPS) is 11.5. The van der Waals surface area contributed by atoms with Gasteiger partial charge >= 0.3 is 0 Å². The molecule has 1 heterocycles. The van der Waals surface area contributed by atoms with Crippen LogP contribution in [0.5, 0.6) is 0 Å². The van der Waals surface area contributed by atoms with E-state index < -0.39 is 10.0 Å². The molecule has 3 aromatic rings. The highest BCUT2D eigenvalue weighted by atomic mass is 35.5. The van der Waals surface area contributed by atoms with Crippen LogP contribution in [-0.2, 0) is 10.0 Å². The fourth-order valence-electron chi connectivity index (χ4n) is 2.55. The van der Waals surface area contributed by atoms with Gasteiger partial charge < -0.3 is 4.52 Å². The Kier molecular flexibility index (Phi) is 4.58. The van der Waals surface area contributed by atoms with Gasteiger partial charge in [0.05, 0.1) is 16.3 Å². The number of anilines is 1. The van der Waals surface area contributed by atoms with E-state index in [9.17, 15) is 8.42 Å². The second-order valence-electron chi connectivity index (χ2n) is 5.88. The van der Waals surface area contributed by atoms with E-state index in [0.717, 1.165) is 16.8 Å². The van der Waals surface area contributed by atoms with Crippen molar-refractivity contribution < 1.29 is 12.9 Å². The highest BCUT2D eigenvalue weighted by molar-refractivity contribution is 7.92. The van der Waals surface area contributed by atoms with Gasteiger partial charge in [-0.1, -0.05) is 16.8 Å². The Labute approximate surface area is 151 Å². The number of hydrogen-bond acceptors (Lipinski definition) is 4. The van der Waals surface area contributed by atoms with Crippen LogP contribution in [0.3, 0.4) is 0 Å². The Hall–Kier alpha value is -2.31. The van der Waals surface area contributed by atoms with E-state index >= 15 is 0 Å². The van der Waals surface area contributed by atoms with E-state index in [1.165, 1.54) is 0 Å². The standard InChI is InChI=1S/C18H17ClN2O3S/c1-11-9-15(19)5-6-16(11)21-25(22,23)18-7-4-14(8-12(18)2)17-10-13(3)20-24-17/h4-10,21H,1-3H3. The summed E-state index contributed by atoms with van der Waals surface area (Å²) in [5.74, 6) is 0.603. The molecule has 0 bridgehead atoms. The summed E-state index contributed by atoms with van der Waals surface area (Å²) in [6.45, 7) is 5.37. The highest BCUT2D eigenvalue weighted by Gasteiger charge is 2.19. The SMILES string of the molecule is Cc1cc(-c2ccc(S(=O)(=O)Nc3ccc(Cl)cc3C)c(C)c2)on1.